The van der Waals surface area contributed by atoms with Crippen molar-refractivity contribution in [3.05, 3.63) is 35.7 Å². The Morgan fingerprint density at radius 1 is 1.22 bits per heavy atom. The minimum atomic E-state index is -0.0323. The number of aryl methyl sites for hydroxylation is 1. The van der Waals surface area contributed by atoms with Gasteiger partial charge in [-0.05, 0) is 46.0 Å². The molecule has 1 amide bonds. The number of nitrogens with one attached hydrogen (secondary N) is 1. The van der Waals surface area contributed by atoms with Crippen LogP contribution in [0.1, 0.15) is 50.5 Å². The Bertz CT molecular complexity index is 726. The van der Waals surface area contributed by atoms with Gasteiger partial charge in [-0.25, -0.2) is 0 Å². The van der Waals surface area contributed by atoms with E-state index in [1.165, 1.54) is 17.3 Å². The van der Waals surface area contributed by atoms with Crippen molar-refractivity contribution < 1.29 is 4.79 Å². The lowest BCUT2D eigenvalue weighted by Gasteiger charge is -2.23. The van der Waals surface area contributed by atoms with Gasteiger partial charge in [-0.15, -0.1) is 10.2 Å². The molecule has 2 aromatic rings. The highest BCUT2D eigenvalue weighted by atomic mass is 32.2. The highest BCUT2D eigenvalue weighted by Gasteiger charge is 2.22. The van der Waals surface area contributed by atoms with E-state index in [9.17, 15) is 4.79 Å². The second-order valence-corrected chi connectivity index (χ2v) is 7.88. The molecule has 0 aliphatic carbocycles. The second kappa shape index (κ2) is 10.5. The molecule has 6 nitrogen and oxygen atoms in total. The first kappa shape index (κ1) is 21.4. The molecular formula is C20H31N5OS. The van der Waals surface area contributed by atoms with Crippen LogP contribution in [-0.4, -0.2) is 45.4 Å². The minimum absolute atomic E-state index is 0.0323. The van der Waals surface area contributed by atoms with E-state index in [1.807, 2.05) is 31.2 Å². The van der Waals surface area contributed by atoms with E-state index in [0.717, 1.165) is 42.5 Å². The van der Waals surface area contributed by atoms with Crippen LogP contribution < -0.4 is 5.32 Å². The van der Waals surface area contributed by atoms with E-state index < -0.39 is 0 Å². The fourth-order valence-corrected chi connectivity index (χ4v) is 3.69. The number of hydrogen-bond acceptors (Lipinski definition) is 5. The molecular weight excluding hydrogens is 358 g/mol. The first-order chi connectivity index (χ1) is 13.0. The first-order valence-electron chi connectivity index (χ1n) is 9.55. The second-order valence-electron chi connectivity index (χ2n) is 6.94. The van der Waals surface area contributed by atoms with Crippen LogP contribution >= 0.6 is 11.8 Å². The van der Waals surface area contributed by atoms with E-state index in [1.54, 1.807) is 0 Å². The van der Waals surface area contributed by atoms with Gasteiger partial charge in [0.25, 0.3) is 0 Å². The van der Waals surface area contributed by atoms with E-state index in [0.29, 0.717) is 5.75 Å². The number of carbonyl (C=O) groups excluding carboxylic acids is 1. The molecule has 1 atom stereocenters. The zero-order valence-corrected chi connectivity index (χ0v) is 17.8. The number of aromatic nitrogens is 3. The molecule has 0 aliphatic rings. The van der Waals surface area contributed by atoms with Crippen LogP contribution in [0.25, 0.3) is 0 Å². The number of carbonyl (C=O) groups is 1. The summed E-state index contributed by atoms with van der Waals surface area (Å²) in [5.41, 5.74) is 1.99. The zero-order valence-electron chi connectivity index (χ0n) is 17.0. The third kappa shape index (κ3) is 6.07. The molecule has 0 fully saturated rings. The fraction of sp³-hybridized carbons (Fsp3) is 0.550. The molecule has 1 heterocycles. The number of rotatable bonds is 10. The van der Waals surface area contributed by atoms with Gasteiger partial charge < -0.3 is 9.88 Å². The van der Waals surface area contributed by atoms with Crippen LogP contribution in [0.4, 0.5) is 5.69 Å². The molecule has 0 saturated carbocycles. The van der Waals surface area contributed by atoms with Crippen LogP contribution in [0.5, 0.6) is 0 Å². The summed E-state index contributed by atoms with van der Waals surface area (Å²) in [5, 5.41) is 12.6. The van der Waals surface area contributed by atoms with Crippen molar-refractivity contribution in [3.8, 4) is 0 Å². The number of benzene rings is 1. The molecule has 27 heavy (non-hydrogen) atoms. The van der Waals surface area contributed by atoms with Gasteiger partial charge in [0.1, 0.15) is 0 Å². The maximum absolute atomic E-state index is 12.3. The zero-order chi connectivity index (χ0) is 19.8. The van der Waals surface area contributed by atoms with E-state index in [-0.39, 0.29) is 11.9 Å². The summed E-state index contributed by atoms with van der Waals surface area (Å²) in [6.07, 6.45) is 3.14. The van der Waals surface area contributed by atoms with Crippen LogP contribution in [0.2, 0.25) is 0 Å². The smallest absolute Gasteiger partial charge is 0.234 e. The van der Waals surface area contributed by atoms with Gasteiger partial charge in [0.05, 0.1) is 11.8 Å². The molecule has 0 saturated heterocycles. The maximum Gasteiger partial charge on any atom is 0.234 e. The number of amides is 1. The fourth-order valence-electron chi connectivity index (χ4n) is 2.92. The average molecular weight is 390 g/mol. The van der Waals surface area contributed by atoms with Crippen molar-refractivity contribution in [2.75, 3.05) is 25.2 Å². The van der Waals surface area contributed by atoms with Crippen molar-refractivity contribution >= 4 is 23.4 Å². The predicted octanol–water partition coefficient (Wildman–Crippen LogP) is 4.13. The largest absolute Gasteiger partial charge is 0.325 e. The summed E-state index contributed by atoms with van der Waals surface area (Å²) in [4.78, 5) is 14.5. The van der Waals surface area contributed by atoms with E-state index in [4.69, 9.17) is 0 Å². The quantitative estimate of drug-likeness (QED) is 0.619. The highest BCUT2D eigenvalue weighted by molar-refractivity contribution is 7.99. The van der Waals surface area contributed by atoms with Crippen molar-refractivity contribution in [1.29, 1.82) is 0 Å². The highest BCUT2D eigenvalue weighted by Crippen LogP contribution is 2.25. The Morgan fingerprint density at radius 3 is 2.52 bits per heavy atom. The van der Waals surface area contributed by atoms with Gasteiger partial charge in [0.2, 0.25) is 5.91 Å². The predicted molar refractivity (Wildman–Crippen MR) is 112 cm³/mol. The summed E-state index contributed by atoms with van der Waals surface area (Å²) in [7, 11) is 4.13. The van der Waals surface area contributed by atoms with Crippen LogP contribution in [0, 0.1) is 6.92 Å². The molecule has 148 valence electrons. The first-order valence-corrected chi connectivity index (χ1v) is 10.5. The van der Waals surface area contributed by atoms with E-state index >= 15 is 0 Å². The molecule has 0 radical (unpaired) electrons. The molecule has 1 aromatic heterocycles. The summed E-state index contributed by atoms with van der Waals surface area (Å²) in [6, 6.07) is 8.04. The summed E-state index contributed by atoms with van der Waals surface area (Å²) >= 11 is 1.45. The number of hydrogen-bond donors (Lipinski definition) is 1. The number of nitrogens with zero attached hydrogens (tertiary/aromatic N) is 4. The molecule has 0 spiro atoms. The lowest BCUT2D eigenvalue weighted by atomic mass is 10.2. The number of anilines is 1. The Hall–Kier alpha value is -1.86. The van der Waals surface area contributed by atoms with Gasteiger partial charge in [0, 0.05) is 12.2 Å². The molecule has 0 aliphatic heterocycles. The van der Waals surface area contributed by atoms with Gasteiger partial charge in [-0.1, -0.05) is 49.7 Å². The van der Waals surface area contributed by atoms with E-state index in [2.05, 4.69) is 52.9 Å². The molecule has 1 unspecified atom stereocenters. The Balaban J connectivity index is 2.06. The summed E-state index contributed by atoms with van der Waals surface area (Å²) < 4.78 is 2.18. The van der Waals surface area contributed by atoms with Crippen LogP contribution in [0.15, 0.2) is 29.4 Å². The lowest BCUT2D eigenvalue weighted by Crippen LogP contribution is -2.23. The van der Waals surface area contributed by atoms with Crippen molar-refractivity contribution in [1.82, 2.24) is 19.7 Å². The topological polar surface area (TPSA) is 63.1 Å². The van der Waals surface area contributed by atoms with Gasteiger partial charge >= 0.3 is 0 Å². The molecule has 1 aromatic carbocycles. The third-order valence-corrected chi connectivity index (χ3v) is 5.42. The van der Waals surface area contributed by atoms with Gasteiger partial charge in [0.15, 0.2) is 11.0 Å². The molecule has 0 bridgehead atoms. The Kier molecular flexibility index (Phi) is 8.31. The summed E-state index contributed by atoms with van der Waals surface area (Å²) in [5.74, 6) is 1.27. The number of unbranched alkanes of at least 4 members (excludes halogenated alkanes) is 1. The van der Waals surface area contributed by atoms with Gasteiger partial charge in [-0.2, -0.15) is 0 Å². The SMILES string of the molecule is CCCCn1c(SCC(=O)Nc2ccc(C)cc2)nnc1C(CC)N(C)C. The van der Waals surface area contributed by atoms with Gasteiger partial charge in [-0.3, -0.25) is 9.69 Å². The molecule has 1 N–H and O–H groups in total. The van der Waals surface area contributed by atoms with Crippen LogP contribution in [0.3, 0.4) is 0 Å². The van der Waals surface area contributed by atoms with Crippen molar-refractivity contribution in [2.24, 2.45) is 0 Å². The lowest BCUT2D eigenvalue weighted by molar-refractivity contribution is -0.113. The average Bonchev–Trinajstić information content (AvgIpc) is 3.03. The normalized spacial score (nSPS) is 12.4. The van der Waals surface area contributed by atoms with Crippen molar-refractivity contribution in [3.63, 3.8) is 0 Å². The monoisotopic (exact) mass is 389 g/mol. The number of thioether (sulfide) groups is 1. The Labute approximate surface area is 166 Å². The minimum Gasteiger partial charge on any atom is -0.325 e. The van der Waals surface area contributed by atoms with Crippen LogP contribution in [-0.2, 0) is 11.3 Å². The summed E-state index contributed by atoms with van der Waals surface area (Å²) in [6.45, 7) is 7.24. The molecule has 7 heteroatoms. The third-order valence-electron chi connectivity index (χ3n) is 4.46. The Morgan fingerprint density at radius 2 is 1.93 bits per heavy atom. The van der Waals surface area contributed by atoms with Crippen molar-refractivity contribution in [2.45, 2.75) is 57.8 Å². The standard InChI is InChI=1S/C20H31N5OS/c1-6-8-13-25-19(17(7-2)24(4)5)22-23-20(25)27-14-18(26)21-16-11-9-15(3)10-12-16/h9-12,17H,6-8,13-14H2,1-5H3,(H,21,26). The molecule has 2 rings (SSSR count). The maximum atomic E-state index is 12.3.